The van der Waals surface area contributed by atoms with Crippen LogP contribution in [0.25, 0.3) is 0 Å². The van der Waals surface area contributed by atoms with Gasteiger partial charge in [0.05, 0.1) is 18.6 Å². The monoisotopic (exact) mass is 298 g/mol. The number of aryl methyl sites for hydroxylation is 1. The molecule has 2 aromatic carbocycles. The Morgan fingerprint density at radius 1 is 1.09 bits per heavy atom. The second kappa shape index (κ2) is 6.89. The molecule has 1 N–H and O–H groups in total. The average Bonchev–Trinajstić information content (AvgIpc) is 2.49. The fourth-order valence-corrected chi connectivity index (χ4v) is 2.28. The van der Waals surface area contributed by atoms with Gasteiger partial charge in [0.1, 0.15) is 5.75 Å². The van der Waals surface area contributed by atoms with E-state index in [1.807, 2.05) is 19.9 Å². The number of aliphatic carboxylic acids is 1. The summed E-state index contributed by atoms with van der Waals surface area (Å²) in [6.45, 7) is 4.17. The molecule has 0 radical (unpaired) electrons. The molecule has 0 saturated heterocycles. The van der Waals surface area contributed by atoms with Gasteiger partial charge in [0.2, 0.25) is 0 Å². The molecule has 114 valence electrons. The van der Waals surface area contributed by atoms with E-state index in [0.717, 1.165) is 5.56 Å². The third kappa shape index (κ3) is 3.52. The first-order valence-corrected chi connectivity index (χ1v) is 7.10. The van der Waals surface area contributed by atoms with Crippen molar-refractivity contribution in [3.05, 3.63) is 64.7 Å². The molecule has 0 aromatic heterocycles. The van der Waals surface area contributed by atoms with Crippen LogP contribution in [0.5, 0.6) is 5.75 Å². The minimum Gasteiger partial charge on any atom is -0.493 e. The Labute approximate surface area is 129 Å². The van der Waals surface area contributed by atoms with Crippen LogP contribution in [0.2, 0.25) is 0 Å². The van der Waals surface area contributed by atoms with Gasteiger partial charge in [-0.15, -0.1) is 0 Å². The summed E-state index contributed by atoms with van der Waals surface area (Å²) in [7, 11) is 0. The first-order chi connectivity index (χ1) is 10.5. The Morgan fingerprint density at radius 3 is 2.50 bits per heavy atom. The van der Waals surface area contributed by atoms with Crippen molar-refractivity contribution >= 4 is 11.8 Å². The third-order valence-electron chi connectivity index (χ3n) is 3.33. The third-order valence-corrected chi connectivity index (χ3v) is 3.33. The summed E-state index contributed by atoms with van der Waals surface area (Å²) >= 11 is 0. The zero-order valence-electron chi connectivity index (χ0n) is 12.6. The van der Waals surface area contributed by atoms with E-state index in [0.29, 0.717) is 29.0 Å². The van der Waals surface area contributed by atoms with Gasteiger partial charge < -0.3 is 9.84 Å². The molecular formula is C18H18O4. The van der Waals surface area contributed by atoms with Crippen molar-refractivity contribution in [2.24, 2.45) is 0 Å². The van der Waals surface area contributed by atoms with Gasteiger partial charge in [-0.2, -0.15) is 0 Å². The van der Waals surface area contributed by atoms with E-state index in [1.54, 1.807) is 36.4 Å². The van der Waals surface area contributed by atoms with Crippen LogP contribution in [0.4, 0.5) is 0 Å². The lowest BCUT2D eigenvalue weighted by Gasteiger charge is -2.11. The molecule has 0 saturated carbocycles. The largest absolute Gasteiger partial charge is 0.493 e. The normalized spacial score (nSPS) is 10.3. The Kier molecular flexibility index (Phi) is 4.94. The fraction of sp³-hybridized carbons (Fsp3) is 0.222. The highest BCUT2D eigenvalue weighted by Gasteiger charge is 2.17. The van der Waals surface area contributed by atoms with Crippen LogP contribution in [0.15, 0.2) is 42.5 Å². The number of ketones is 1. The number of ether oxygens (including phenoxy) is 1. The maximum atomic E-state index is 12.8. The number of hydrogen-bond acceptors (Lipinski definition) is 3. The Hall–Kier alpha value is -2.62. The quantitative estimate of drug-likeness (QED) is 0.831. The summed E-state index contributed by atoms with van der Waals surface area (Å²) in [6.07, 6.45) is -0.104. The van der Waals surface area contributed by atoms with Crippen molar-refractivity contribution < 1.29 is 19.4 Å². The van der Waals surface area contributed by atoms with E-state index in [9.17, 15) is 9.59 Å². The second-order valence-corrected chi connectivity index (χ2v) is 4.98. The highest BCUT2D eigenvalue weighted by molar-refractivity contribution is 6.11. The van der Waals surface area contributed by atoms with Gasteiger partial charge in [-0.1, -0.05) is 24.3 Å². The first kappa shape index (κ1) is 15.8. The lowest BCUT2D eigenvalue weighted by atomic mass is 9.95. The van der Waals surface area contributed by atoms with Crippen molar-refractivity contribution in [2.45, 2.75) is 20.3 Å². The van der Waals surface area contributed by atoms with Gasteiger partial charge in [0.25, 0.3) is 0 Å². The summed E-state index contributed by atoms with van der Waals surface area (Å²) in [4.78, 5) is 23.6. The van der Waals surface area contributed by atoms with Crippen molar-refractivity contribution in [2.75, 3.05) is 6.61 Å². The summed E-state index contributed by atoms with van der Waals surface area (Å²) in [5.74, 6) is -0.538. The molecule has 0 atom stereocenters. The Balaban J connectivity index is 2.43. The van der Waals surface area contributed by atoms with Crippen LogP contribution in [0, 0.1) is 6.92 Å². The molecular weight excluding hydrogens is 280 g/mol. The van der Waals surface area contributed by atoms with E-state index in [-0.39, 0.29) is 12.2 Å². The molecule has 4 heteroatoms. The number of carbonyl (C=O) groups excluding carboxylic acids is 1. The number of benzene rings is 2. The molecule has 0 aliphatic heterocycles. The number of carbonyl (C=O) groups is 2. The molecule has 0 spiro atoms. The molecule has 0 unspecified atom stereocenters. The van der Waals surface area contributed by atoms with Crippen LogP contribution >= 0.6 is 0 Å². The smallest absolute Gasteiger partial charge is 0.307 e. The molecule has 2 aromatic rings. The van der Waals surface area contributed by atoms with Gasteiger partial charge in [-0.05, 0) is 43.2 Å². The summed E-state index contributed by atoms with van der Waals surface area (Å²) in [5.41, 5.74) is 2.41. The highest BCUT2D eigenvalue weighted by Crippen LogP contribution is 2.24. The molecule has 4 nitrogen and oxygen atoms in total. The lowest BCUT2D eigenvalue weighted by molar-refractivity contribution is -0.136. The van der Waals surface area contributed by atoms with Crippen LogP contribution < -0.4 is 4.74 Å². The number of para-hydroxylation sites is 1. The molecule has 0 fully saturated rings. The predicted octanol–water partition coefficient (Wildman–Crippen LogP) is 3.25. The standard InChI is InChI=1S/C18H18O4/c1-3-22-16-7-5-4-6-14(16)18(21)15-10-13(11-17(19)20)9-8-12(15)2/h4-10H,3,11H2,1-2H3,(H,19,20). The van der Waals surface area contributed by atoms with E-state index in [4.69, 9.17) is 9.84 Å². The Bertz CT molecular complexity index is 704. The lowest BCUT2D eigenvalue weighted by Crippen LogP contribution is -2.08. The molecule has 0 amide bonds. The minimum atomic E-state index is -0.919. The fourth-order valence-electron chi connectivity index (χ4n) is 2.28. The average molecular weight is 298 g/mol. The highest BCUT2D eigenvalue weighted by atomic mass is 16.5. The predicted molar refractivity (Wildman–Crippen MR) is 83.6 cm³/mol. The van der Waals surface area contributed by atoms with Crippen molar-refractivity contribution in [3.63, 3.8) is 0 Å². The number of carboxylic acid groups (broad SMARTS) is 1. The number of hydrogen-bond donors (Lipinski definition) is 1. The van der Waals surface area contributed by atoms with E-state index >= 15 is 0 Å². The van der Waals surface area contributed by atoms with Gasteiger partial charge >= 0.3 is 5.97 Å². The molecule has 0 aliphatic carbocycles. The van der Waals surface area contributed by atoms with Crippen LogP contribution in [-0.4, -0.2) is 23.5 Å². The van der Waals surface area contributed by atoms with E-state index in [2.05, 4.69) is 0 Å². The van der Waals surface area contributed by atoms with E-state index in [1.165, 1.54) is 0 Å². The van der Waals surface area contributed by atoms with Crippen molar-refractivity contribution in [1.82, 2.24) is 0 Å². The second-order valence-electron chi connectivity index (χ2n) is 4.98. The van der Waals surface area contributed by atoms with Gasteiger partial charge in [0.15, 0.2) is 5.78 Å². The maximum Gasteiger partial charge on any atom is 0.307 e. The summed E-state index contributed by atoms with van der Waals surface area (Å²) in [5, 5.41) is 8.89. The van der Waals surface area contributed by atoms with Gasteiger partial charge in [0, 0.05) is 5.56 Å². The number of rotatable bonds is 6. The molecule has 0 bridgehead atoms. The van der Waals surface area contributed by atoms with E-state index < -0.39 is 5.97 Å². The molecule has 0 aliphatic rings. The number of carboxylic acids is 1. The van der Waals surface area contributed by atoms with Crippen LogP contribution in [0.3, 0.4) is 0 Å². The van der Waals surface area contributed by atoms with Crippen LogP contribution in [-0.2, 0) is 11.2 Å². The van der Waals surface area contributed by atoms with Crippen LogP contribution in [0.1, 0.15) is 34.0 Å². The maximum absolute atomic E-state index is 12.8. The van der Waals surface area contributed by atoms with Gasteiger partial charge in [-0.3, -0.25) is 9.59 Å². The molecule has 22 heavy (non-hydrogen) atoms. The van der Waals surface area contributed by atoms with Gasteiger partial charge in [-0.25, -0.2) is 0 Å². The molecule has 0 heterocycles. The topological polar surface area (TPSA) is 63.6 Å². The van der Waals surface area contributed by atoms with Crippen molar-refractivity contribution in [1.29, 1.82) is 0 Å². The zero-order chi connectivity index (χ0) is 16.1. The summed E-state index contributed by atoms with van der Waals surface area (Å²) in [6, 6.07) is 12.2. The SMILES string of the molecule is CCOc1ccccc1C(=O)c1cc(CC(=O)O)ccc1C. The Morgan fingerprint density at radius 2 is 1.82 bits per heavy atom. The first-order valence-electron chi connectivity index (χ1n) is 7.10. The minimum absolute atomic E-state index is 0.104. The van der Waals surface area contributed by atoms with Crippen molar-refractivity contribution in [3.8, 4) is 5.75 Å². The molecule has 2 rings (SSSR count). The summed E-state index contributed by atoms with van der Waals surface area (Å²) < 4.78 is 5.50. The zero-order valence-corrected chi connectivity index (χ0v) is 12.6.